The summed E-state index contributed by atoms with van der Waals surface area (Å²) in [6.45, 7) is 0. The van der Waals surface area contributed by atoms with Crippen LogP contribution < -0.4 is 0 Å². The zero-order valence-electron chi connectivity index (χ0n) is 13.6. The van der Waals surface area contributed by atoms with Crippen molar-refractivity contribution in [1.82, 2.24) is 15.0 Å². The van der Waals surface area contributed by atoms with E-state index in [-0.39, 0.29) is 0 Å². The molecule has 0 radical (unpaired) electrons. The van der Waals surface area contributed by atoms with Gasteiger partial charge in [-0.3, -0.25) is 4.98 Å². The van der Waals surface area contributed by atoms with Crippen molar-refractivity contribution >= 4 is 12.2 Å². The van der Waals surface area contributed by atoms with Gasteiger partial charge in [-0.05, 0) is 23.8 Å². The van der Waals surface area contributed by atoms with Crippen LogP contribution in [-0.4, -0.2) is 15.0 Å². The van der Waals surface area contributed by atoms with Crippen molar-refractivity contribution in [2.45, 2.75) is 0 Å². The Balaban J connectivity index is 1.77. The Morgan fingerprint density at radius 2 is 1.36 bits per heavy atom. The van der Waals surface area contributed by atoms with E-state index >= 15 is 0 Å². The number of imidazole rings is 1. The number of nitrogens with one attached hydrogen (secondary N) is 1. The molecule has 0 unspecified atom stereocenters. The zero-order chi connectivity index (χ0) is 16.9. The van der Waals surface area contributed by atoms with Crippen LogP contribution in [0, 0.1) is 0 Å². The fourth-order valence-electron chi connectivity index (χ4n) is 2.74. The van der Waals surface area contributed by atoms with Gasteiger partial charge in [0.15, 0.2) is 0 Å². The highest BCUT2D eigenvalue weighted by Crippen LogP contribution is 2.30. The molecule has 0 atom stereocenters. The third-order valence-electron chi connectivity index (χ3n) is 3.97. The molecule has 0 amide bonds. The molecule has 0 spiro atoms. The monoisotopic (exact) mass is 323 g/mol. The van der Waals surface area contributed by atoms with E-state index in [1.807, 2.05) is 54.6 Å². The summed E-state index contributed by atoms with van der Waals surface area (Å²) in [5.74, 6) is 0.828. The molecule has 3 heteroatoms. The Hall–Kier alpha value is -3.46. The number of H-pyrrole nitrogens is 1. The molecular formula is C22H17N3. The van der Waals surface area contributed by atoms with Crippen molar-refractivity contribution < 1.29 is 0 Å². The second-order valence-electron chi connectivity index (χ2n) is 5.69. The number of rotatable bonds is 4. The first kappa shape index (κ1) is 15.1. The van der Waals surface area contributed by atoms with Gasteiger partial charge in [-0.15, -0.1) is 0 Å². The first-order valence-electron chi connectivity index (χ1n) is 8.19. The SMILES string of the molecule is C(=C\c1nc(-c2ccncc2)c(-c2ccccc2)[nH]1)/c1ccccc1. The summed E-state index contributed by atoms with van der Waals surface area (Å²) in [7, 11) is 0. The smallest absolute Gasteiger partial charge is 0.131 e. The molecule has 4 rings (SSSR count). The molecule has 3 nitrogen and oxygen atoms in total. The third kappa shape index (κ3) is 3.40. The van der Waals surface area contributed by atoms with Crippen LogP contribution in [0.25, 0.3) is 34.7 Å². The van der Waals surface area contributed by atoms with Crippen LogP contribution in [0.5, 0.6) is 0 Å². The number of hydrogen-bond acceptors (Lipinski definition) is 2. The maximum Gasteiger partial charge on any atom is 0.131 e. The van der Waals surface area contributed by atoms with Gasteiger partial charge in [0.1, 0.15) is 5.82 Å². The molecule has 1 N–H and O–H groups in total. The molecule has 0 aliphatic carbocycles. The van der Waals surface area contributed by atoms with Gasteiger partial charge in [-0.25, -0.2) is 4.98 Å². The Morgan fingerprint density at radius 3 is 2.08 bits per heavy atom. The van der Waals surface area contributed by atoms with Gasteiger partial charge in [-0.2, -0.15) is 0 Å². The molecular weight excluding hydrogens is 306 g/mol. The van der Waals surface area contributed by atoms with Crippen LogP contribution in [-0.2, 0) is 0 Å². The van der Waals surface area contributed by atoms with Gasteiger partial charge >= 0.3 is 0 Å². The maximum atomic E-state index is 4.80. The quantitative estimate of drug-likeness (QED) is 0.553. The molecule has 0 saturated heterocycles. The van der Waals surface area contributed by atoms with Gasteiger partial charge in [0.2, 0.25) is 0 Å². The van der Waals surface area contributed by atoms with Crippen molar-refractivity contribution in [3.63, 3.8) is 0 Å². The average Bonchev–Trinajstić information content (AvgIpc) is 3.13. The number of pyridine rings is 1. The topological polar surface area (TPSA) is 41.6 Å². The Kier molecular flexibility index (Phi) is 4.21. The molecule has 0 bridgehead atoms. The van der Waals surface area contributed by atoms with E-state index in [2.05, 4.69) is 40.3 Å². The second-order valence-corrected chi connectivity index (χ2v) is 5.69. The molecule has 2 aromatic carbocycles. The van der Waals surface area contributed by atoms with E-state index in [9.17, 15) is 0 Å². The van der Waals surface area contributed by atoms with Crippen LogP contribution in [0.15, 0.2) is 85.2 Å². The second kappa shape index (κ2) is 6.97. The average molecular weight is 323 g/mol. The largest absolute Gasteiger partial charge is 0.338 e. The van der Waals surface area contributed by atoms with Gasteiger partial charge < -0.3 is 4.98 Å². The summed E-state index contributed by atoms with van der Waals surface area (Å²) >= 11 is 0. The minimum atomic E-state index is 0.828. The zero-order valence-corrected chi connectivity index (χ0v) is 13.6. The van der Waals surface area contributed by atoms with Crippen molar-refractivity contribution in [2.75, 3.05) is 0 Å². The Labute approximate surface area is 146 Å². The predicted molar refractivity (Wildman–Crippen MR) is 103 cm³/mol. The Morgan fingerprint density at radius 1 is 0.680 bits per heavy atom. The minimum absolute atomic E-state index is 0.828. The molecule has 0 saturated carbocycles. The van der Waals surface area contributed by atoms with E-state index in [1.54, 1.807) is 12.4 Å². The molecule has 4 aromatic rings. The van der Waals surface area contributed by atoms with Gasteiger partial charge in [0.25, 0.3) is 0 Å². The lowest BCUT2D eigenvalue weighted by Crippen LogP contribution is -1.83. The highest BCUT2D eigenvalue weighted by molar-refractivity contribution is 5.80. The van der Waals surface area contributed by atoms with Crippen LogP contribution in [0.3, 0.4) is 0 Å². The van der Waals surface area contributed by atoms with E-state index in [4.69, 9.17) is 4.98 Å². The fraction of sp³-hybridized carbons (Fsp3) is 0. The number of aromatic amines is 1. The molecule has 2 heterocycles. The van der Waals surface area contributed by atoms with E-state index in [1.165, 1.54) is 0 Å². The highest BCUT2D eigenvalue weighted by Gasteiger charge is 2.12. The molecule has 0 fully saturated rings. The highest BCUT2D eigenvalue weighted by atomic mass is 14.9. The van der Waals surface area contributed by atoms with Crippen molar-refractivity contribution in [2.24, 2.45) is 0 Å². The summed E-state index contributed by atoms with van der Waals surface area (Å²) < 4.78 is 0. The number of nitrogens with zero attached hydrogens (tertiary/aromatic N) is 2. The van der Waals surface area contributed by atoms with Crippen molar-refractivity contribution in [3.8, 4) is 22.5 Å². The third-order valence-corrected chi connectivity index (χ3v) is 3.97. The molecule has 0 aliphatic heterocycles. The lowest BCUT2D eigenvalue weighted by Gasteiger charge is -2.02. The normalized spacial score (nSPS) is 11.0. The first-order valence-corrected chi connectivity index (χ1v) is 8.19. The Bertz CT molecular complexity index is 915. The van der Waals surface area contributed by atoms with Gasteiger partial charge in [-0.1, -0.05) is 66.7 Å². The number of benzene rings is 2. The van der Waals surface area contributed by atoms with Crippen LogP contribution in [0.1, 0.15) is 11.4 Å². The summed E-state index contributed by atoms with van der Waals surface area (Å²) in [6, 6.07) is 24.4. The van der Waals surface area contributed by atoms with Gasteiger partial charge in [0.05, 0.1) is 11.4 Å². The summed E-state index contributed by atoms with van der Waals surface area (Å²) in [4.78, 5) is 12.4. The van der Waals surface area contributed by atoms with Crippen LogP contribution >= 0.6 is 0 Å². The molecule has 2 aromatic heterocycles. The summed E-state index contributed by atoms with van der Waals surface area (Å²) in [5.41, 5.74) is 5.25. The summed E-state index contributed by atoms with van der Waals surface area (Å²) in [5, 5.41) is 0. The van der Waals surface area contributed by atoms with Crippen LogP contribution in [0.4, 0.5) is 0 Å². The standard InChI is InChI=1S/C22H17N3/c1-3-7-17(8-4-1)11-12-20-24-21(18-9-5-2-6-10-18)22(25-20)19-13-15-23-16-14-19/h1-16H,(H,24,25)/b12-11+. The maximum absolute atomic E-state index is 4.80. The fourth-order valence-corrected chi connectivity index (χ4v) is 2.74. The number of hydrogen-bond donors (Lipinski definition) is 1. The van der Waals surface area contributed by atoms with Gasteiger partial charge in [0, 0.05) is 23.5 Å². The lowest BCUT2D eigenvalue weighted by atomic mass is 10.1. The van der Waals surface area contributed by atoms with Crippen molar-refractivity contribution in [1.29, 1.82) is 0 Å². The van der Waals surface area contributed by atoms with Crippen molar-refractivity contribution in [3.05, 3.63) is 96.6 Å². The van der Waals surface area contributed by atoms with E-state index in [0.717, 1.165) is 33.9 Å². The van der Waals surface area contributed by atoms with E-state index < -0.39 is 0 Å². The summed E-state index contributed by atoms with van der Waals surface area (Å²) in [6.07, 6.45) is 7.65. The predicted octanol–water partition coefficient (Wildman–Crippen LogP) is 5.31. The molecule has 25 heavy (non-hydrogen) atoms. The number of aromatic nitrogens is 3. The first-order chi connectivity index (χ1) is 12.4. The van der Waals surface area contributed by atoms with E-state index in [0.29, 0.717) is 0 Å². The molecule has 120 valence electrons. The van der Waals surface area contributed by atoms with Crippen LogP contribution in [0.2, 0.25) is 0 Å². The lowest BCUT2D eigenvalue weighted by molar-refractivity contribution is 1.26. The molecule has 0 aliphatic rings. The minimum Gasteiger partial charge on any atom is -0.338 e.